The summed E-state index contributed by atoms with van der Waals surface area (Å²) in [5.41, 5.74) is 1.67. The number of hydrogen-bond acceptors (Lipinski definition) is 6. The van der Waals surface area contributed by atoms with Crippen LogP contribution < -0.4 is 14.4 Å². The standard InChI is InChI=1S/C37H36F3N5O4/c1-22-20-44(21-24-6-9-27(48-5)10-7-24)14-15-45(22)37(47)32-17-25-16-28(11-12-31(25)43(32)4)49-33-13-8-26(19-41-33)42(3)36(46)29-18-30(38)23(2)34(39)35(29)40/h6-13,16-19,22H,14-15,20-21H2,1-5H3. The third-order valence-electron chi connectivity index (χ3n) is 9.02. The Hall–Kier alpha value is -5.36. The number of fused-ring (bicyclic) bond motifs is 1. The van der Waals surface area contributed by atoms with Gasteiger partial charge in [0, 0.05) is 68.8 Å². The Labute approximate surface area is 282 Å². The Kier molecular flexibility index (Phi) is 9.33. The topological polar surface area (TPSA) is 80.1 Å². The van der Waals surface area contributed by atoms with Crippen molar-refractivity contribution in [2.24, 2.45) is 7.05 Å². The van der Waals surface area contributed by atoms with Crippen LogP contribution in [-0.4, -0.2) is 71.0 Å². The summed E-state index contributed by atoms with van der Waals surface area (Å²) in [6.07, 6.45) is 1.34. The number of aromatic nitrogens is 2. The molecule has 1 saturated heterocycles. The molecule has 9 nitrogen and oxygen atoms in total. The predicted molar refractivity (Wildman–Crippen MR) is 180 cm³/mol. The zero-order valence-corrected chi connectivity index (χ0v) is 27.8. The fourth-order valence-electron chi connectivity index (χ4n) is 6.10. The van der Waals surface area contributed by atoms with Crippen molar-refractivity contribution < 1.29 is 32.2 Å². The number of halogens is 3. The van der Waals surface area contributed by atoms with E-state index in [0.29, 0.717) is 24.1 Å². The van der Waals surface area contributed by atoms with Gasteiger partial charge in [0.25, 0.3) is 11.8 Å². The molecule has 1 aliphatic heterocycles. The molecular weight excluding hydrogens is 635 g/mol. The minimum atomic E-state index is -1.41. The fraction of sp³-hybridized carbons (Fsp3) is 0.270. The van der Waals surface area contributed by atoms with Gasteiger partial charge in [-0.2, -0.15) is 0 Å². The quantitative estimate of drug-likeness (QED) is 0.171. The summed E-state index contributed by atoms with van der Waals surface area (Å²) in [6, 6.07) is 19.1. The first kappa shape index (κ1) is 33.5. The lowest BCUT2D eigenvalue weighted by Gasteiger charge is -2.40. The number of anilines is 1. The average Bonchev–Trinajstić information content (AvgIpc) is 3.44. The predicted octanol–water partition coefficient (Wildman–Crippen LogP) is 6.72. The Balaban J connectivity index is 1.11. The highest BCUT2D eigenvalue weighted by molar-refractivity contribution is 6.06. The molecule has 2 aromatic heterocycles. The zero-order chi connectivity index (χ0) is 35.0. The highest BCUT2D eigenvalue weighted by Crippen LogP contribution is 2.29. The van der Waals surface area contributed by atoms with E-state index >= 15 is 0 Å². The lowest BCUT2D eigenvalue weighted by atomic mass is 10.1. The molecule has 12 heteroatoms. The molecule has 5 aromatic rings. The van der Waals surface area contributed by atoms with Crippen LogP contribution in [0.1, 0.15) is 38.9 Å². The molecular formula is C37H36F3N5O4. The van der Waals surface area contributed by atoms with Gasteiger partial charge in [-0.25, -0.2) is 18.2 Å². The summed E-state index contributed by atoms with van der Waals surface area (Å²) in [6.45, 7) is 6.10. The van der Waals surface area contributed by atoms with Gasteiger partial charge in [-0.15, -0.1) is 0 Å². The van der Waals surface area contributed by atoms with E-state index < -0.39 is 34.5 Å². The van der Waals surface area contributed by atoms with Crippen LogP contribution in [0.15, 0.2) is 72.9 Å². The molecule has 1 unspecified atom stereocenters. The van der Waals surface area contributed by atoms with Gasteiger partial charge in [0.05, 0.1) is 24.6 Å². The minimum absolute atomic E-state index is 0.0260. The third kappa shape index (κ3) is 6.68. The van der Waals surface area contributed by atoms with Gasteiger partial charge in [-0.1, -0.05) is 12.1 Å². The molecule has 1 aliphatic rings. The van der Waals surface area contributed by atoms with Gasteiger partial charge in [-0.3, -0.25) is 14.5 Å². The number of nitrogens with zero attached hydrogens (tertiary/aromatic N) is 5. The van der Waals surface area contributed by atoms with Crippen molar-refractivity contribution >= 4 is 28.4 Å². The van der Waals surface area contributed by atoms with E-state index in [1.165, 1.54) is 30.9 Å². The molecule has 2 amide bonds. The van der Waals surface area contributed by atoms with Crippen molar-refractivity contribution in [1.29, 1.82) is 0 Å². The van der Waals surface area contributed by atoms with Gasteiger partial charge in [0.2, 0.25) is 5.88 Å². The van der Waals surface area contributed by atoms with E-state index in [0.717, 1.165) is 48.1 Å². The van der Waals surface area contributed by atoms with Crippen LogP contribution in [0.2, 0.25) is 0 Å². The highest BCUT2D eigenvalue weighted by atomic mass is 19.2. The summed E-state index contributed by atoms with van der Waals surface area (Å²) < 4.78 is 55.6. The van der Waals surface area contributed by atoms with Crippen LogP contribution in [0.5, 0.6) is 17.4 Å². The second kappa shape index (κ2) is 13.6. The highest BCUT2D eigenvalue weighted by Gasteiger charge is 2.30. The van der Waals surface area contributed by atoms with Crippen molar-refractivity contribution in [2.75, 3.05) is 38.7 Å². The van der Waals surface area contributed by atoms with Gasteiger partial charge < -0.3 is 23.8 Å². The SMILES string of the molecule is COc1ccc(CN2CCN(C(=O)c3cc4cc(Oc5ccc(N(C)C(=O)c6cc(F)c(C)c(F)c6F)cn5)ccc4n3C)C(C)C2)cc1. The molecule has 0 saturated carbocycles. The molecule has 3 aromatic carbocycles. The first-order valence-electron chi connectivity index (χ1n) is 15.8. The van der Waals surface area contributed by atoms with Crippen molar-refractivity contribution in [3.05, 3.63) is 113 Å². The van der Waals surface area contributed by atoms with E-state index in [1.807, 2.05) is 46.8 Å². The van der Waals surface area contributed by atoms with E-state index in [1.54, 1.807) is 13.2 Å². The normalized spacial score (nSPS) is 15.0. The fourth-order valence-corrected chi connectivity index (χ4v) is 6.10. The number of rotatable bonds is 8. The number of ether oxygens (including phenoxy) is 2. The summed E-state index contributed by atoms with van der Waals surface area (Å²) in [4.78, 5) is 36.1. The van der Waals surface area contributed by atoms with Crippen LogP contribution >= 0.6 is 0 Å². The lowest BCUT2D eigenvalue weighted by Crippen LogP contribution is -2.53. The van der Waals surface area contributed by atoms with Crippen LogP contribution in [0.25, 0.3) is 10.9 Å². The van der Waals surface area contributed by atoms with Crippen LogP contribution in [0, 0.1) is 24.4 Å². The molecule has 0 bridgehead atoms. The van der Waals surface area contributed by atoms with Crippen LogP contribution in [-0.2, 0) is 13.6 Å². The molecule has 1 atom stereocenters. The van der Waals surface area contributed by atoms with E-state index in [4.69, 9.17) is 9.47 Å². The minimum Gasteiger partial charge on any atom is -0.497 e. The van der Waals surface area contributed by atoms with Crippen molar-refractivity contribution in [1.82, 2.24) is 19.4 Å². The molecule has 0 radical (unpaired) electrons. The maximum atomic E-state index is 14.4. The van der Waals surface area contributed by atoms with Gasteiger partial charge in [0.1, 0.15) is 23.0 Å². The van der Waals surface area contributed by atoms with Crippen LogP contribution in [0.3, 0.4) is 0 Å². The van der Waals surface area contributed by atoms with Gasteiger partial charge >= 0.3 is 0 Å². The largest absolute Gasteiger partial charge is 0.497 e. The number of hydrogen-bond donors (Lipinski definition) is 0. The second-order valence-electron chi connectivity index (χ2n) is 12.2. The smallest absolute Gasteiger partial charge is 0.270 e. The number of aryl methyl sites for hydroxylation is 1. The molecule has 3 heterocycles. The molecule has 0 spiro atoms. The van der Waals surface area contributed by atoms with Crippen molar-refractivity contribution in [3.8, 4) is 17.4 Å². The monoisotopic (exact) mass is 671 g/mol. The van der Waals surface area contributed by atoms with Crippen molar-refractivity contribution in [3.63, 3.8) is 0 Å². The van der Waals surface area contributed by atoms with Crippen molar-refractivity contribution in [2.45, 2.75) is 26.4 Å². The zero-order valence-electron chi connectivity index (χ0n) is 27.8. The lowest BCUT2D eigenvalue weighted by molar-refractivity contribution is 0.0467. The Morgan fingerprint density at radius 1 is 0.959 bits per heavy atom. The molecule has 254 valence electrons. The van der Waals surface area contributed by atoms with E-state index in [9.17, 15) is 22.8 Å². The van der Waals surface area contributed by atoms with Gasteiger partial charge in [0.15, 0.2) is 11.6 Å². The number of pyridine rings is 1. The average molecular weight is 672 g/mol. The molecule has 6 rings (SSSR count). The van der Waals surface area contributed by atoms with Crippen LogP contribution in [0.4, 0.5) is 18.9 Å². The number of carbonyl (C=O) groups excluding carboxylic acids is 2. The first-order valence-corrected chi connectivity index (χ1v) is 15.8. The number of methoxy groups -OCH3 is 1. The maximum Gasteiger partial charge on any atom is 0.270 e. The molecule has 1 fully saturated rings. The Morgan fingerprint density at radius 2 is 1.69 bits per heavy atom. The van der Waals surface area contributed by atoms with Gasteiger partial charge in [-0.05, 0) is 67.9 Å². The molecule has 0 aliphatic carbocycles. The summed E-state index contributed by atoms with van der Waals surface area (Å²) in [5.74, 6) is -3.28. The summed E-state index contributed by atoms with van der Waals surface area (Å²) >= 11 is 0. The number of benzene rings is 3. The summed E-state index contributed by atoms with van der Waals surface area (Å²) in [5, 5.41) is 0.815. The summed E-state index contributed by atoms with van der Waals surface area (Å²) in [7, 11) is 4.86. The second-order valence-corrected chi connectivity index (χ2v) is 12.2. The van der Waals surface area contributed by atoms with E-state index in [-0.39, 0.29) is 23.5 Å². The Bertz CT molecular complexity index is 2030. The number of amides is 2. The number of piperazine rings is 1. The third-order valence-corrected chi connectivity index (χ3v) is 9.02. The molecule has 0 N–H and O–H groups in total. The number of carbonyl (C=O) groups is 2. The molecule has 49 heavy (non-hydrogen) atoms. The first-order chi connectivity index (χ1) is 23.4. The van der Waals surface area contributed by atoms with E-state index in [2.05, 4.69) is 28.9 Å². The maximum absolute atomic E-state index is 14.4. The Morgan fingerprint density at radius 3 is 2.37 bits per heavy atom.